The van der Waals surface area contributed by atoms with Crippen LogP contribution in [0, 0.1) is 47.3 Å². The number of carboxylic acid groups (broad SMARTS) is 2. The van der Waals surface area contributed by atoms with E-state index in [0.29, 0.717) is 0 Å². The van der Waals surface area contributed by atoms with E-state index in [-0.39, 0.29) is 48.1 Å². The van der Waals surface area contributed by atoms with Crippen molar-refractivity contribution in [2.45, 2.75) is 51.5 Å². The zero-order chi connectivity index (χ0) is 20.9. The highest BCUT2D eigenvalue weighted by Crippen LogP contribution is 2.53. The Morgan fingerprint density at radius 2 is 1.17 bits per heavy atom. The predicted molar refractivity (Wildman–Crippen MR) is 102 cm³/mol. The number of fused-ring (bicyclic) bond motifs is 4. The molecule has 4 aliphatic rings. The van der Waals surface area contributed by atoms with Gasteiger partial charge in [-0.15, -0.1) is 0 Å². The molecule has 0 saturated heterocycles. The molecule has 4 rings (SSSR count). The molecule has 9 atom stereocenters. The number of carbonyl (C=O) groups is 4. The minimum absolute atomic E-state index is 0.0917. The van der Waals surface area contributed by atoms with Gasteiger partial charge in [0.2, 0.25) is 11.8 Å². The number of hydrogen-bond acceptors (Lipinski definition) is 4. The van der Waals surface area contributed by atoms with Crippen LogP contribution >= 0.6 is 0 Å². The first-order valence-electron chi connectivity index (χ1n) is 10.8. The molecular formula is C21H30N2O6. The topological polar surface area (TPSA) is 133 Å². The highest BCUT2D eigenvalue weighted by Gasteiger charge is 2.55. The summed E-state index contributed by atoms with van der Waals surface area (Å²) in [5, 5.41) is 24.7. The average Bonchev–Trinajstić information content (AvgIpc) is 3.44. The number of rotatable bonds is 7. The van der Waals surface area contributed by atoms with Crippen LogP contribution in [0.4, 0.5) is 0 Å². The van der Waals surface area contributed by atoms with Crippen molar-refractivity contribution < 1.29 is 29.4 Å². The molecule has 0 heterocycles. The maximum atomic E-state index is 12.7. The van der Waals surface area contributed by atoms with Crippen LogP contribution in [0.2, 0.25) is 0 Å². The minimum Gasteiger partial charge on any atom is -0.481 e. The summed E-state index contributed by atoms with van der Waals surface area (Å²) in [5.74, 6) is -4.02. The quantitative estimate of drug-likeness (QED) is 0.500. The van der Waals surface area contributed by atoms with Crippen molar-refractivity contribution in [1.82, 2.24) is 10.6 Å². The second-order valence-corrected chi connectivity index (χ2v) is 9.60. The maximum absolute atomic E-state index is 12.7. The van der Waals surface area contributed by atoms with Gasteiger partial charge in [-0.3, -0.25) is 19.2 Å². The molecule has 4 fully saturated rings. The molecule has 4 aliphatic carbocycles. The fourth-order valence-electron chi connectivity index (χ4n) is 6.81. The van der Waals surface area contributed by atoms with E-state index >= 15 is 0 Å². The number of nitrogens with one attached hydrogen (secondary N) is 2. The number of carboxylic acids is 2. The third kappa shape index (κ3) is 3.51. The molecule has 4 N–H and O–H groups in total. The van der Waals surface area contributed by atoms with Gasteiger partial charge in [0.05, 0.1) is 23.7 Å². The van der Waals surface area contributed by atoms with Crippen LogP contribution in [0.3, 0.4) is 0 Å². The summed E-state index contributed by atoms with van der Waals surface area (Å²) in [5.41, 5.74) is 0. The van der Waals surface area contributed by atoms with Crippen LogP contribution in [0.5, 0.6) is 0 Å². The molecule has 0 aromatic carbocycles. The lowest BCUT2D eigenvalue weighted by molar-refractivity contribution is -0.150. The van der Waals surface area contributed by atoms with Gasteiger partial charge < -0.3 is 20.8 Å². The van der Waals surface area contributed by atoms with Crippen molar-refractivity contribution in [2.75, 3.05) is 6.54 Å². The number of aliphatic carboxylic acids is 2. The van der Waals surface area contributed by atoms with E-state index in [1.54, 1.807) is 6.92 Å². The Labute approximate surface area is 169 Å². The van der Waals surface area contributed by atoms with E-state index in [1.165, 1.54) is 0 Å². The Morgan fingerprint density at radius 3 is 1.62 bits per heavy atom. The Bertz CT molecular complexity index is 724. The van der Waals surface area contributed by atoms with E-state index in [0.717, 1.165) is 38.5 Å². The van der Waals surface area contributed by atoms with Crippen LogP contribution in [0.15, 0.2) is 0 Å². The summed E-state index contributed by atoms with van der Waals surface area (Å²) in [4.78, 5) is 48.6. The highest BCUT2D eigenvalue weighted by molar-refractivity contribution is 5.87. The molecule has 0 aliphatic heterocycles. The lowest BCUT2D eigenvalue weighted by Crippen LogP contribution is -2.49. The fourth-order valence-corrected chi connectivity index (χ4v) is 6.81. The van der Waals surface area contributed by atoms with Gasteiger partial charge in [0.15, 0.2) is 0 Å². The summed E-state index contributed by atoms with van der Waals surface area (Å²) < 4.78 is 0. The van der Waals surface area contributed by atoms with Gasteiger partial charge in [0, 0.05) is 12.6 Å². The van der Waals surface area contributed by atoms with Crippen LogP contribution < -0.4 is 10.6 Å². The first-order chi connectivity index (χ1) is 13.8. The maximum Gasteiger partial charge on any atom is 0.307 e. The van der Waals surface area contributed by atoms with E-state index in [9.17, 15) is 29.4 Å². The molecule has 4 saturated carbocycles. The first kappa shape index (κ1) is 20.2. The zero-order valence-electron chi connectivity index (χ0n) is 16.7. The highest BCUT2D eigenvalue weighted by atomic mass is 16.4. The van der Waals surface area contributed by atoms with Gasteiger partial charge in [0.1, 0.15) is 0 Å². The molecule has 0 aromatic heterocycles. The average molecular weight is 406 g/mol. The molecule has 4 bridgehead atoms. The smallest absolute Gasteiger partial charge is 0.307 e. The molecule has 29 heavy (non-hydrogen) atoms. The Kier molecular flexibility index (Phi) is 5.29. The Hall–Kier alpha value is -2.12. The summed E-state index contributed by atoms with van der Waals surface area (Å²) in [6, 6.07) is -0.345. The van der Waals surface area contributed by atoms with Crippen LogP contribution in [0.25, 0.3) is 0 Å². The van der Waals surface area contributed by atoms with Gasteiger partial charge in [-0.25, -0.2) is 0 Å². The largest absolute Gasteiger partial charge is 0.481 e. The van der Waals surface area contributed by atoms with E-state index in [2.05, 4.69) is 10.6 Å². The fraction of sp³-hybridized carbons (Fsp3) is 0.810. The molecule has 8 heteroatoms. The van der Waals surface area contributed by atoms with Gasteiger partial charge in [0.25, 0.3) is 0 Å². The van der Waals surface area contributed by atoms with Gasteiger partial charge in [-0.1, -0.05) is 0 Å². The normalized spacial score (nSPS) is 40.6. The molecular weight excluding hydrogens is 376 g/mol. The van der Waals surface area contributed by atoms with Crippen molar-refractivity contribution in [3.63, 3.8) is 0 Å². The molecule has 2 amide bonds. The Morgan fingerprint density at radius 1 is 0.759 bits per heavy atom. The van der Waals surface area contributed by atoms with Crippen LogP contribution in [-0.2, 0) is 19.2 Å². The van der Waals surface area contributed by atoms with E-state index in [1.807, 2.05) is 0 Å². The molecule has 8 nitrogen and oxygen atoms in total. The second-order valence-electron chi connectivity index (χ2n) is 9.60. The SMILES string of the molecule is C[C@H](CNC(=O)[C@H]1[C@H]2CC[C@@H](C2)[C@@H]1C(=O)O)NC(=O)[C@@H]1[C@H]2CC[C@@H](C2)[C@@H]1C(=O)O. The van der Waals surface area contributed by atoms with Crippen molar-refractivity contribution >= 4 is 23.8 Å². The zero-order valence-corrected chi connectivity index (χ0v) is 16.7. The lowest BCUT2D eigenvalue weighted by atomic mass is 9.78. The van der Waals surface area contributed by atoms with Gasteiger partial charge in [-0.05, 0) is 69.1 Å². The van der Waals surface area contributed by atoms with Gasteiger partial charge >= 0.3 is 11.9 Å². The minimum atomic E-state index is -0.894. The molecule has 0 unspecified atom stereocenters. The van der Waals surface area contributed by atoms with Crippen LogP contribution in [-0.4, -0.2) is 46.6 Å². The number of hydrogen-bond donors (Lipinski definition) is 4. The lowest BCUT2D eigenvalue weighted by Gasteiger charge is -2.29. The van der Waals surface area contributed by atoms with Crippen molar-refractivity contribution in [2.24, 2.45) is 47.3 Å². The number of amides is 2. The molecule has 160 valence electrons. The van der Waals surface area contributed by atoms with E-state index < -0.39 is 35.6 Å². The van der Waals surface area contributed by atoms with Crippen LogP contribution in [0.1, 0.15) is 45.4 Å². The summed E-state index contributed by atoms with van der Waals surface area (Å²) in [6.45, 7) is 1.99. The van der Waals surface area contributed by atoms with Crippen molar-refractivity contribution in [3.8, 4) is 0 Å². The Balaban J connectivity index is 1.30. The predicted octanol–water partition coefficient (Wildman–Crippen LogP) is 1.10. The second kappa shape index (κ2) is 7.61. The van der Waals surface area contributed by atoms with Gasteiger partial charge in [-0.2, -0.15) is 0 Å². The monoisotopic (exact) mass is 406 g/mol. The van der Waals surface area contributed by atoms with Crippen molar-refractivity contribution in [3.05, 3.63) is 0 Å². The summed E-state index contributed by atoms with van der Waals surface area (Å²) in [7, 11) is 0. The molecule has 0 radical (unpaired) electrons. The third-order valence-corrected chi connectivity index (χ3v) is 7.98. The van der Waals surface area contributed by atoms with Crippen molar-refractivity contribution in [1.29, 1.82) is 0 Å². The van der Waals surface area contributed by atoms with E-state index in [4.69, 9.17) is 0 Å². The summed E-state index contributed by atoms with van der Waals surface area (Å²) in [6.07, 6.45) is 5.18. The molecule has 0 aromatic rings. The third-order valence-electron chi connectivity index (χ3n) is 7.98. The summed E-state index contributed by atoms with van der Waals surface area (Å²) >= 11 is 0. The standard InChI is InChI=1S/C21H30N2O6/c1-9(23-19(25)15-11-3-5-13(7-11)17(15)21(28)29)8-22-18(24)14-10-2-4-12(6-10)16(14)20(26)27/h9-17H,2-8H2,1H3,(H,22,24)(H,23,25)(H,26,27)(H,28,29)/t9-,10+,11+,12+,13+,14+,15-,16+,17+/m1/s1. The first-order valence-corrected chi connectivity index (χ1v) is 10.8. The molecule has 0 spiro atoms. The number of carbonyl (C=O) groups excluding carboxylic acids is 2.